The smallest absolute Gasteiger partial charge is 0.275 e. The van der Waals surface area contributed by atoms with Crippen LogP contribution in [0.3, 0.4) is 0 Å². The van der Waals surface area contributed by atoms with E-state index in [4.69, 9.17) is 0 Å². The summed E-state index contributed by atoms with van der Waals surface area (Å²) in [6, 6.07) is 15.5. The Morgan fingerprint density at radius 1 is 1.05 bits per heavy atom. The predicted octanol–water partition coefficient (Wildman–Crippen LogP) is 2.19. The second kappa shape index (κ2) is 5.48. The van der Waals surface area contributed by atoms with Crippen LogP contribution >= 0.6 is 0 Å². The molecular formula is C16H13N3O. The normalized spacial score (nSPS) is 16.1. The van der Waals surface area contributed by atoms with E-state index in [0.29, 0.717) is 18.0 Å². The fraction of sp³-hybridized carbons (Fsp3) is 0.0625. The van der Waals surface area contributed by atoms with Gasteiger partial charge in [-0.1, -0.05) is 36.4 Å². The lowest BCUT2D eigenvalue weighted by Crippen LogP contribution is -2.25. The van der Waals surface area contributed by atoms with E-state index in [0.717, 1.165) is 11.3 Å². The molecule has 0 saturated heterocycles. The van der Waals surface area contributed by atoms with Crippen molar-refractivity contribution in [1.29, 1.82) is 0 Å². The number of nitrogens with zero attached hydrogens (tertiary/aromatic N) is 2. The minimum absolute atomic E-state index is 0.179. The molecule has 0 radical (unpaired) electrons. The Labute approximate surface area is 116 Å². The van der Waals surface area contributed by atoms with E-state index in [-0.39, 0.29) is 5.91 Å². The molecule has 4 nitrogen and oxygen atoms in total. The summed E-state index contributed by atoms with van der Waals surface area (Å²) < 4.78 is 0. The molecule has 0 spiro atoms. The van der Waals surface area contributed by atoms with Crippen LogP contribution in [-0.4, -0.2) is 16.7 Å². The molecule has 1 N–H and O–H groups in total. The molecule has 1 aliphatic rings. The fourth-order valence-corrected chi connectivity index (χ4v) is 1.99. The van der Waals surface area contributed by atoms with Crippen molar-refractivity contribution in [3.63, 3.8) is 0 Å². The number of aliphatic imine (C=N–C) groups is 1. The molecular weight excluding hydrogens is 250 g/mol. The number of amides is 1. The van der Waals surface area contributed by atoms with Gasteiger partial charge in [0.05, 0.1) is 5.69 Å². The average Bonchev–Trinajstić information content (AvgIpc) is 2.81. The highest BCUT2D eigenvalue weighted by atomic mass is 16.2. The number of hydrogen-bond donors (Lipinski definition) is 1. The number of carbonyl (C=O) groups excluding carboxylic acids is 1. The van der Waals surface area contributed by atoms with Gasteiger partial charge in [-0.3, -0.25) is 9.78 Å². The van der Waals surface area contributed by atoms with Gasteiger partial charge in [0.1, 0.15) is 11.5 Å². The molecule has 0 bridgehead atoms. The molecule has 1 amide bonds. The van der Waals surface area contributed by atoms with Crippen LogP contribution in [0.1, 0.15) is 11.3 Å². The van der Waals surface area contributed by atoms with Gasteiger partial charge in [-0.2, -0.15) is 0 Å². The highest BCUT2D eigenvalue weighted by Gasteiger charge is 2.19. The molecule has 98 valence electrons. The molecule has 0 fully saturated rings. The topological polar surface area (TPSA) is 54.4 Å². The second-order valence-corrected chi connectivity index (χ2v) is 4.46. The van der Waals surface area contributed by atoms with Gasteiger partial charge >= 0.3 is 0 Å². The number of pyridine rings is 1. The van der Waals surface area contributed by atoms with Crippen molar-refractivity contribution in [3.8, 4) is 0 Å². The van der Waals surface area contributed by atoms with Gasteiger partial charge in [0.25, 0.3) is 5.91 Å². The first-order valence-electron chi connectivity index (χ1n) is 6.37. The highest BCUT2D eigenvalue weighted by molar-refractivity contribution is 6.14. The van der Waals surface area contributed by atoms with E-state index in [1.54, 1.807) is 12.3 Å². The monoisotopic (exact) mass is 263 g/mol. The standard InChI is InChI=1S/C16H13N3O/c20-16-14(11-13-8-4-5-9-17-13)18-15(19-16)10-12-6-2-1-3-7-12/h1-9,11H,10H2,(H,18,19,20)/b14-11+. The van der Waals surface area contributed by atoms with Crippen molar-refractivity contribution in [1.82, 2.24) is 10.3 Å². The Kier molecular flexibility index (Phi) is 3.37. The first-order chi connectivity index (χ1) is 9.81. The van der Waals surface area contributed by atoms with Crippen molar-refractivity contribution in [2.45, 2.75) is 6.42 Å². The van der Waals surface area contributed by atoms with Crippen LogP contribution in [0.15, 0.2) is 65.4 Å². The molecule has 1 aromatic heterocycles. The van der Waals surface area contributed by atoms with Crippen LogP contribution in [0.4, 0.5) is 0 Å². The molecule has 3 rings (SSSR count). The van der Waals surface area contributed by atoms with Crippen molar-refractivity contribution >= 4 is 17.8 Å². The summed E-state index contributed by atoms with van der Waals surface area (Å²) >= 11 is 0. The molecule has 0 unspecified atom stereocenters. The van der Waals surface area contributed by atoms with Gasteiger partial charge in [0, 0.05) is 12.6 Å². The van der Waals surface area contributed by atoms with Crippen molar-refractivity contribution in [2.24, 2.45) is 4.99 Å². The second-order valence-electron chi connectivity index (χ2n) is 4.46. The zero-order valence-electron chi connectivity index (χ0n) is 10.8. The Balaban J connectivity index is 1.81. The van der Waals surface area contributed by atoms with Crippen molar-refractivity contribution < 1.29 is 4.79 Å². The summed E-state index contributed by atoms with van der Waals surface area (Å²) in [6.45, 7) is 0. The summed E-state index contributed by atoms with van der Waals surface area (Å²) in [5.41, 5.74) is 2.24. The van der Waals surface area contributed by atoms with Crippen LogP contribution in [0.25, 0.3) is 6.08 Å². The minimum atomic E-state index is -0.179. The van der Waals surface area contributed by atoms with Crippen molar-refractivity contribution in [2.75, 3.05) is 0 Å². The SMILES string of the molecule is O=C1NC(Cc2ccccc2)=N/C1=C/c1ccccn1. The number of hydrogen-bond acceptors (Lipinski definition) is 3. The zero-order valence-corrected chi connectivity index (χ0v) is 10.8. The molecule has 2 heterocycles. The third-order valence-corrected chi connectivity index (χ3v) is 2.93. The Bertz CT molecular complexity index is 675. The third kappa shape index (κ3) is 2.80. The van der Waals surface area contributed by atoms with Gasteiger partial charge in [-0.05, 0) is 23.8 Å². The number of carbonyl (C=O) groups is 1. The Morgan fingerprint density at radius 3 is 2.60 bits per heavy atom. The Hall–Kier alpha value is -2.75. The maximum atomic E-state index is 11.9. The van der Waals surface area contributed by atoms with Crippen molar-refractivity contribution in [3.05, 3.63) is 71.7 Å². The number of rotatable bonds is 3. The van der Waals surface area contributed by atoms with Gasteiger partial charge in [-0.25, -0.2) is 4.99 Å². The van der Waals surface area contributed by atoms with Gasteiger partial charge < -0.3 is 5.32 Å². The number of nitrogens with one attached hydrogen (secondary N) is 1. The lowest BCUT2D eigenvalue weighted by atomic mass is 10.1. The summed E-state index contributed by atoms with van der Waals surface area (Å²) in [6.07, 6.45) is 3.99. The van der Waals surface area contributed by atoms with E-state index >= 15 is 0 Å². The van der Waals surface area contributed by atoms with Gasteiger partial charge in [0.15, 0.2) is 0 Å². The molecule has 0 atom stereocenters. The molecule has 4 heteroatoms. The van der Waals surface area contributed by atoms with E-state index in [1.807, 2.05) is 48.5 Å². The summed E-state index contributed by atoms with van der Waals surface area (Å²) in [5, 5.41) is 2.79. The zero-order chi connectivity index (χ0) is 13.8. The van der Waals surface area contributed by atoms with Crippen LogP contribution in [0.2, 0.25) is 0 Å². The van der Waals surface area contributed by atoms with Crippen LogP contribution in [0.5, 0.6) is 0 Å². The summed E-state index contributed by atoms with van der Waals surface area (Å²) in [5.74, 6) is 0.491. The van der Waals surface area contributed by atoms with Gasteiger partial charge in [-0.15, -0.1) is 0 Å². The molecule has 1 aliphatic heterocycles. The lowest BCUT2D eigenvalue weighted by Gasteiger charge is -1.99. The van der Waals surface area contributed by atoms with Crippen LogP contribution < -0.4 is 5.32 Å². The number of aromatic nitrogens is 1. The number of benzene rings is 1. The first kappa shape index (κ1) is 12.3. The first-order valence-corrected chi connectivity index (χ1v) is 6.37. The minimum Gasteiger partial charge on any atom is -0.308 e. The molecule has 0 saturated carbocycles. The molecule has 0 aliphatic carbocycles. The lowest BCUT2D eigenvalue weighted by molar-refractivity contribution is -0.115. The largest absolute Gasteiger partial charge is 0.308 e. The Morgan fingerprint density at radius 2 is 1.85 bits per heavy atom. The van der Waals surface area contributed by atoms with Crippen LogP contribution in [0, 0.1) is 0 Å². The molecule has 20 heavy (non-hydrogen) atoms. The quantitative estimate of drug-likeness (QED) is 0.863. The summed E-state index contributed by atoms with van der Waals surface area (Å²) in [4.78, 5) is 20.4. The predicted molar refractivity (Wildman–Crippen MR) is 77.9 cm³/mol. The van der Waals surface area contributed by atoms with E-state index in [1.165, 1.54) is 0 Å². The average molecular weight is 263 g/mol. The molecule has 2 aromatic rings. The summed E-state index contributed by atoms with van der Waals surface area (Å²) in [7, 11) is 0. The van der Waals surface area contributed by atoms with Crippen LogP contribution in [-0.2, 0) is 11.2 Å². The van der Waals surface area contributed by atoms with E-state index in [2.05, 4.69) is 15.3 Å². The fourth-order valence-electron chi connectivity index (χ4n) is 1.99. The van der Waals surface area contributed by atoms with Gasteiger partial charge in [0.2, 0.25) is 0 Å². The van der Waals surface area contributed by atoms with E-state index in [9.17, 15) is 4.79 Å². The highest BCUT2D eigenvalue weighted by Crippen LogP contribution is 2.12. The number of amidine groups is 1. The maximum absolute atomic E-state index is 11.9. The maximum Gasteiger partial charge on any atom is 0.275 e. The third-order valence-electron chi connectivity index (χ3n) is 2.93. The molecule has 1 aromatic carbocycles. The van der Waals surface area contributed by atoms with E-state index < -0.39 is 0 Å².